The van der Waals surface area contributed by atoms with Gasteiger partial charge < -0.3 is 24.6 Å². The predicted molar refractivity (Wildman–Crippen MR) is 128 cm³/mol. The number of aromatic nitrogens is 4. The lowest BCUT2D eigenvalue weighted by molar-refractivity contribution is 0.0374. The molecule has 1 saturated heterocycles. The summed E-state index contributed by atoms with van der Waals surface area (Å²) in [4.78, 5) is 22.8. The lowest BCUT2D eigenvalue weighted by Gasteiger charge is -2.37. The van der Waals surface area contributed by atoms with E-state index in [4.69, 9.17) is 4.74 Å². The molecule has 1 aromatic carbocycles. The molecule has 2 aromatic heterocycles. The molecule has 4 rings (SSSR count). The van der Waals surface area contributed by atoms with Crippen molar-refractivity contribution in [3.63, 3.8) is 0 Å². The number of aromatic amines is 1. The molecule has 3 aromatic rings. The van der Waals surface area contributed by atoms with Crippen LogP contribution in [0.15, 0.2) is 48.8 Å². The first-order valence-corrected chi connectivity index (χ1v) is 11.0. The second-order valence-corrected chi connectivity index (χ2v) is 8.01. The lowest BCUT2D eigenvalue weighted by Crippen LogP contribution is -2.50. The Bertz CT molecular complexity index is 1130. The van der Waals surface area contributed by atoms with E-state index in [-0.39, 0.29) is 6.61 Å². The number of imidazole rings is 1. The second kappa shape index (κ2) is 10.9. The van der Waals surface area contributed by atoms with Gasteiger partial charge in [-0.3, -0.25) is 4.90 Å². The number of rotatable bonds is 7. The van der Waals surface area contributed by atoms with Gasteiger partial charge in [0, 0.05) is 32.7 Å². The van der Waals surface area contributed by atoms with E-state index < -0.39 is 6.23 Å². The molecule has 0 spiro atoms. The Balaban J connectivity index is 1.38. The van der Waals surface area contributed by atoms with Gasteiger partial charge in [0.05, 0.1) is 0 Å². The minimum Gasteiger partial charge on any atom is -0.481 e. The van der Waals surface area contributed by atoms with Crippen LogP contribution in [0.4, 0.5) is 5.82 Å². The highest BCUT2D eigenvalue weighted by atomic mass is 16.5. The van der Waals surface area contributed by atoms with Gasteiger partial charge in [0.1, 0.15) is 30.4 Å². The average Bonchev–Trinajstić information content (AvgIpc) is 3.25. The van der Waals surface area contributed by atoms with Gasteiger partial charge >= 0.3 is 0 Å². The van der Waals surface area contributed by atoms with Crippen molar-refractivity contribution < 1.29 is 9.84 Å². The number of para-hydroxylation sites is 1. The molecule has 0 bridgehead atoms. The number of hydrogen-bond acceptors (Lipinski definition) is 8. The van der Waals surface area contributed by atoms with Gasteiger partial charge in [-0.1, -0.05) is 30.2 Å². The zero-order valence-corrected chi connectivity index (χ0v) is 19.0. The zero-order valence-electron chi connectivity index (χ0n) is 19.0. The van der Waals surface area contributed by atoms with Crippen molar-refractivity contribution in [3.8, 4) is 17.6 Å². The molecule has 0 amide bonds. The molecule has 172 valence electrons. The molecule has 3 heterocycles. The summed E-state index contributed by atoms with van der Waals surface area (Å²) < 4.78 is 5.60. The Morgan fingerprint density at radius 1 is 1.18 bits per heavy atom. The highest BCUT2D eigenvalue weighted by Crippen LogP contribution is 2.22. The Kier molecular flexibility index (Phi) is 7.52. The number of fused-ring (bicyclic) bond motifs is 1. The molecule has 9 heteroatoms. The first-order chi connectivity index (χ1) is 16.1. The fourth-order valence-corrected chi connectivity index (χ4v) is 3.58. The minimum absolute atomic E-state index is 0.271. The van der Waals surface area contributed by atoms with Crippen LogP contribution in [0, 0.1) is 11.8 Å². The SMILES string of the molecule is CN(C)CC=CC(O)N1CCN(c2ncnc3nc(C#CCOc4ccccc4)[nH]c23)CC1. The summed E-state index contributed by atoms with van der Waals surface area (Å²) in [6.45, 7) is 4.03. The maximum Gasteiger partial charge on any atom is 0.185 e. The Morgan fingerprint density at radius 2 is 1.97 bits per heavy atom. The first kappa shape index (κ1) is 22.7. The van der Waals surface area contributed by atoms with Crippen molar-refractivity contribution in [2.24, 2.45) is 0 Å². The molecule has 1 aliphatic rings. The van der Waals surface area contributed by atoms with Crippen LogP contribution in [0.1, 0.15) is 5.82 Å². The van der Waals surface area contributed by atoms with Crippen LogP contribution in [0.5, 0.6) is 5.75 Å². The Hall–Kier alpha value is -3.45. The molecule has 0 aliphatic carbocycles. The summed E-state index contributed by atoms with van der Waals surface area (Å²) in [6, 6.07) is 9.57. The molecule has 1 aliphatic heterocycles. The Labute approximate surface area is 193 Å². The molecule has 1 atom stereocenters. The number of likely N-dealkylation sites (N-methyl/N-ethyl adjacent to an activating group) is 1. The van der Waals surface area contributed by atoms with Crippen molar-refractivity contribution in [2.45, 2.75) is 6.23 Å². The van der Waals surface area contributed by atoms with Gasteiger partial charge in [-0.25, -0.2) is 15.0 Å². The highest BCUT2D eigenvalue weighted by molar-refractivity contribution is 5.83. The normalized spacial score (nSPS) is 15.7. The molecule has 2 N–H and O–H groups in total. The summed E-state index contributed by atoms with van der Waals surface area (Å²) in [6.07, 6.45) is 4.78. The number of aliphatic hydroxyl groups excluding tert-OH is 1. The Morgan fingerprint density at radius 3 is 2.73 bits per heavy atom. The number of aliphatic hydroxyl groups is 1. The predicted octanol–water partition coefficient (Wildman–Crippen LogP) is 1.34. The summed E-state index contributed by atoms with van der Waals surface area (Å²) in [5.74, 6) is 8.10. The third-order valence-electron chi connectivity index (χ3n) is 5.30. The van der Waals surface area contributed by atoms with Crippen LogP contribution < -0.4 is 9.64 Å². The van der Waals surface area contributed by atoms with Crippen molar-refractivity contribution in [1.29, 1.82) is 0 Å². The molecule has 1 fully saturated rings. The smallest absolute Gasteiger partial charge is 0.185 e. The van der Waals surface area contributed by atoms with E-state index in [1.165, 1.54) is 6.33 Å². The third kappa shape index (κ3) is 6.08. The first-order valence-electron chi connectivity index (χ1n) is 11.0. The number of benzene rings is 1. The monoisotopic (exact) mass is 447 g/mol. The second-order valence-electron chi connectivity index (χ2n) is 8.01. The quantitative estimate of drug-likeness (QED) is 0.414. The van der Waals surface area contributed by atoms with Gasteiger partial charge in [-0.15, -0.1) is 0 Å². The van der Waals surface area contributed by atoms with E-state index in [1.54, 1.807) is 0 Å². The number of nitrogens with one attached hydrogen (secondary N) is 1. The zero-order chi connectivity index (χ0) is 23.0. The van der Waals surface area contributed by atoms with Crippen LogP contribution in [-0.2, 0) is 0 Å². The number of hydrogen-bond donors (Lipinski definition) is 2. The standard InChI is InChI=1S/C24H29N7O2/c1-29(2)12-6-11-21(32)30-13-15-31(16-14-30)24-22-23(25-18-26-24)28-20(27-22)10-7-17-33-19-8-4-3-5-9-19/h3-6,8-9,11,18,21,32H,12-17H2,1-2H3,(H,25,26,27,28). The minimum atomic E-state index is -0.579. The van der Waals surface area contributed by atoms with E-state index in [9.17, 15) is 5.11 Å². The number of anilines is 1. The molecule has 0 radical (unpaired) electrons. The van der Waals surface area contributed by atoms with Crippen LogP contribution in [0.25, 0.3) is 11.2 Å². The number of H-pyrrole nitrogens is 1. The summed E-state index contributed by atoms with van der Waals surface area (Å²) in [5, 5.41) is 10.4. The topological polar surface area (TPSA) is 93.6 Å². The van der Waals surface area contributed by atoms with Gasteiger partial charge in [-0.05, 0) is 38.2 Å². The molecular weight excluding hydrogens is 418 g/mol. The van der Waals surface area contributed by atoms with E-state index in [0.29, 0.717) is 11.5 Å². The van der Waals surface area contributed by atoms with Gasteiger partial charge in [0.15, 0.2) is 17.3 Å². The number of piperazine rings is 1. The van der Waals surface area contributed by atoms with Crippen LogP contribution in [0.2, 0.25) is 0 Å². The van der Waals surface area contributed by atoms with Gasteiger partial charge in [0.2, 0.25) is 0 Å². The van der Waals surface area contributed by atoms with Crippen molar-refractivity contribution >= 4 is 17.0 Å². The van der Waals surface area contributed by atoms with Crippen molar-refractivity contribution in [3.05, 3.63) is 54.6 Å². The van der Waals surface area contributed by atoms with E-state index >= 15 is 0 Å². The molecule has 0 saturated carbocycles. The summed E-state index contributed by atoms with van der Waals surface area (Å²) in [5.41, 5.74) is 1.35. The van der Waals surface area contributed by atoms with E-state index in [0.717, 1.165) is 49.8 Å². The molecule has 33 heavy (non-hydrogen) atoms. The van der Waals surface area contributed by atoms with E-state index in [2.05, 4.69) is 46.5 Å². The van der Waals surface area contributed by atoms with Crippen molar-refractivity contribution in [2.75, 3.05) is 58.3 Å². The molecule has 9 nitrogen and oxygen atoms in total. The van der Waals surface area contributed by atoms with Gasteiger partial charge in [-0.2, -0.15) is 0 Å². The van der Waals surface area contributed by atoms with Crippen molar-refractivity contribution in [1.82, 2.24) is 29.7 Å². The molecule has 1 unspecified atom stereocenters. The summed E-state index contributed by atoms with van der Waals surface area (Å²) in [7, 11) is 4.01. The number of ether oxygens (including phenoxy) is 1. The summed E-state index contributed by atoms with van der Waals surface area (Å²) >= 11 is 0. The fourth-order valence-electron chi connectivity index (χ4n) is 3.58. The maximum absolute atomic E-state index is 10.4. The van der Waals surface area contributed by atoms with Crippen LogP contribution in [-0.4, -0.2) is 94.5 Å². The average molecular weight is 448 g/mol. The highest BCUT2D eigenvalue weighted by Gasteiger charge is 2.23. The van der Waals surface area contributed by atoms with E-state index in [1.807, 2.05) is 56.6 Å². The van der Waals surface area contributed by atoms with Crippen LogP contribution in [0.3, 0.4) is 0 Å². The number of nitrogens with zero attached hydrogens (tertiary/aromatic N) is 6. The molecular formula is C24H29N7O2. The lowest BCUT2D eigenvalue weighted by atomic mass is 10.2. The largest absolute Gasteiger partial charge is 0.481 e. The van der Waals surface area contributed by atoms with Crippen LogP contribution >= 0.6 is 0 Å². The van der Waals surface area contributed by atoms with Gasteiger partial charge in [0.25, 0.3) is 0 Å². The third-order valence-corrected chi connectivity index (χ3v) is 5.30. The fraction of sp³-hybridized carbons (Fsp3) is 0.375. The maximum atomic E-state index is 10.4.